The van der Waals surface area contributed by atoms with Crippen LogP contribution in [-0.2, 0) is 11.2 Å². The second-order valence-electron chi connectivity index (χ2n) is 3.96. The summed E-state index contributed by atoms with van der Waals surface area (Å²) in [7, 11) is 1.40. The number of carbonyl (C=O) groups is 2. The van der Waals surface area contributed by atoms with Crippen molar-refractivity contribution >= 4 is 11.7 Å². The van der Waals surface area contributed by atoms with Gasteiger partial charge in [-0.05, 0) is 23.8 Å². The third-order valence-corrected chi connectivity index (χ3v) is 2.87. The third-order valence-electron chi connectivity index (χ3n) is 2.87. The standard InChI is InChI=1S/C13H12N2O3/c1-15-13(17)10(7-14)12(16)9-2-3-11-8(6-9)4-5-18-11/h2-3,6,10H,4-5H2,1H3,(H,15,17)/t10-/m0/s1. The minimum Gasteiger partial charge on any atom is -0.493 e. The molecular formula is C13H12N2O3. The second kappa shape index (κ2) is 4.88. The summed E-state index contributed by atoms with van der Waals surface area (Å²) < 4.78 is 5.33. The molecule has 0 radical (unpaired) electrons. The largest absolute Gasteiger partial charge is 0.493 e. The Labute approximate surface area is 104 Å². The predicted octanol–water partition coefficient (Wildman–Crippen LogP) is 0.690. The molecule has 92 valence electrons. The van der Waals surface area contributed by atoms with Crippen molar-refractivity contribution in [3.63, 3.8) is 0 Å². The van der Waals surface area contributed by atoms with Gasteiger partial charge in [0.15, 0.2) is 11.7 Å². The van der Waals surface area contributed by atoms with Gasteiger partial charge < -0.3 is 10.1 Å². The topological polar surface area (TPSA) is 79.2 Å². The molecule has 0 unspecified atom stereocenters. The van der Waals surface area contributed by atoms with E-state index in [-0.39, 0.29) is 0 Å². The lowest BCUT2D eigenvalue weighted by molar-refractivity contribution is -0.121. The number of hydrogen-bond acceptors (Lipinski definition) is 4. The highest BCUT2D eigenvalue weighted by Crippen LogP contribution is 2.26. The number of nitriles is 1. The van der Waals surface area contributed by atoms with Gasteiger partial charge in [-0.3, -0.25) is 9.59 Å². The fraction of sp³-hybridized carbons (Fsp3) is 0.308. The van der Waals surface area contributed by atoms with Crippen molar-refractivity contribution in [1.29, 1.82) is 5.26 Å². The van der Waals surface area contributed by atoms with Crippen molar-refractivity contribution in [3.05, 3.63) is 29.3 Å². The molecule has 2 rings (SSSR count). The summed E-state index contributed by atoms with van der Waals surface area (Å²) >= 11 is 0. The molecule has 1 amide bonds. The number of ketones is 1. The molecule has 0 fully saturated rings. The first-order chi connectivity index (χ1) is 8.67. The average molecular weight is 244 g/mol. The van der Waals surface area contributed by atoms with Crippen molar-refractivity contribution in [2.75, 3.05) is 13.7 Å². The SMILES string of the molecule is CNC(=O)[C@@H](C#N)C(=O)c1ccc2c(c1)CCO2. The number of carbonyl (C=O) groups excluding carboxylic acids is 2. The highest BCUT2D eigenvalue weighted by molar-refractivity contribution is 6.12. The van der Waals surface area contributed by atoms with E-state index >= 15 is 0 Å². The van der Waals surface area contributed by atoms with Gasteiger partial charge in [0.05, 0.1) is 12.7 Å². The minimum absolute atomic E-state index is 0.370. The maximum Gasteiger partial charge on any atom is 0.245 e. The second-order valence-corrected chi connectivity index (χ2v) is 3.96. The van der Waals surface area contributed by atoms with Crippen LogP contribution in [0.15, 0.2) is 18.2 Å². The molecule has 1 aliphatic heterocycles. The Morgan fingerprint density at radius 3 is 2.94 bits per heavy atom. The van der Waals surface area contributed by atoms with Crippen molar-refractivity contribution < 1.29 is 14.3 Å². The number of rotatable bonds is 3. The Kier molecular flexibility index (Phi) is 3.28. The van der Waals surface area contributed by atoms with Crippen LogP contribution in [0.4, 0.5) is 0 Å². The fourth-order valence-corrected chi connectivity index (χ4v) is 1.89. The van der Waals surface area contributed by atoms with Gasteiger partial charge in [0.25, 0.3) is 0 Å². The number of ether oxygens (including phenoxy) is 1. The van der Waals surface area contributed by atoms with E-state index in [9.17, 15) is 9.59 Å². The van der Waals surface area contributed by atoms with Gasteiger partial charge in [-0.15, -0.1) is 0 Å². The van der Waals surface area contributed by atoms with E-state index in [1.54, 1.807) is 24.3 Å². The lowest BCUT2D eigenvalue weighted by atomic mass is 9.96. The van der Waals surface area contributed by atoms with Gasteiger partial charge in [-0.2, -0.15) is 5.26 Å². The molecule has 0 spiro atoms. The van der Waals surface area contributed by atoms with Gasteiger partial charge in [0.2, 0.25) is 5.91 Å². The summed E-state index contributed by atoms with van der Waals surface area (Å²) in [6, 6.07) is 6.70. The first-order valence-electron chi connectivity index (χ1n) is 5.58. The Morgan fingerprint density at radius 2 is 2.28 bits per heavy atom. The Bertz CT molecular complexity index is 546. The zero-order valence-corrected chi connectivity index (χ0v) is 9.90. The monoisotopic (exact) mass is 244 g/mol. The summed E-state index contributed by atoms with van der Waals surface area (Å²) in [6.45, 7) is 0.601. The van der Waals surface area contributed by atoms with Gasteiger partial charge in [0, 0.05) is 19.0 Å². The summed E-state index contributed by atoms with van der Waals surface area (Å²) in [4.78, 5) is 23.5. The molecule has 5 heteroatoms. The maximum absolute atomic E-state index is 12.1. The van der Waals surface area contributed by atoms with Crippen LogP contribution in [0.25, 0.3) is 0 Å². The highest BCUT2D eigenvalue weighted by atomic mass is 16.5. The van der Waals surface area contributed by atoms with Crippen LogP contribution in [0.3, 0.4) is 0 Å². The van der Waals surface area contributed by atoms with Crippen LogP contribution in [0, 0.1) is 17.2 Å². The summed E-state index contributed by atoms with van der Waals surface area (Å²) in [5.41, 5.74) is 1.31. The van der Waals surface area contributed by atoms with Crippen LogP contribution < -0.4 is 10.1 Å². The normalized spacial score (nSPS) is 14.0. The molecule has 0 aromatic heterocycles. The molecule has 1 N–H and O–H groups in total. The Morgan fingerprint density at radius 1 is 1.50 bits per heavy atom. The van der Waals surface area contributed by atoms with Crippen molar-refractivity contribution in [2.24, 2.45) is 5.92 Å². The summed E-state index contributed by atoms with van der Waals surface area (Å²) in [5.74, 6) is -1.60. The van der Waals surface area contributed by atoms with E-state index in [4.69, 9.17) is 10.00 Å². The van der Waals surface area contributed by atoms with E-state index in [0.29, 0.717) is 12.2 Å². The van der Waals surface area contributed by atoms with Crippen LogP contribution in [-0.4, -0.2) is 25.3 Å². The number of hydrogen-bond donors (Lipinski definition) is 1. The van der Waals surface area contributed by atoms with Gasteiger partial charge >= 0.3 is 0 Å². The lowest BCUT2D eigenvalue weighted by Gasteiger charge is -2.07. The highest BCUT2D eigenvalue weighted by Gasteiger charge is 2.27. The Balaban J connectivity index is 2.29. The fourth-order valence-electron chi connectivity index (χ4n) is 1.89. The van der Waals surface area contributed by atoms with E-state index in [1.807, 2.05) is 0 Å². The average Bonchev–Trinajstić information content (AvgIpc) is 2.86. The molecule has 0 aliphatic carbocycles. The predicted molar refractivity (Wildman–Crippen MR) is 63.1 cm³/mol. The van der Waals surface area contributed by atoms with Gasteiger partial charge in [-0.25, -0.2) is 0 Å². The Hall–Kier alpha value is -2.35. The van der Waals surface area contributed by atoms with Gasteiger partial charge in [0.1, 0.15) is 5.75 Å². The van der Waals surface area contributed by atoms with Crippen LogP contribution >= 0.6 is 0 Å². The van der Waals surface area contributed by atoms with Crippen molar-refractivity contribution in [3.8, 4) is 11.8 Å². The molecule has 5 nitrogen and oxygen atoms in total. The zero-order chi connectivity index (χ0) is 13.1. The first kappa shape index (κ1) is 12.1. The smallest absolute Gasteiger partial charge is 0.245 e. The molecule has 1 aromatic carbocycles. The van der Waals surface area contributed by atoms with E-state index in [0.717, 1.165) is 17.7 Å². The number of nitrogens with one attached hydrogen (secondary N) is 1. The number of fused-ring (bicyclic) bond motifs is 1. The van der Waals surface area contributed by atoms with Gasteiger partial charge in [-0.1, -0.05) is 0 Å². The van der Waals surface area contributed by atoms with Crippen LogP contribution in [0.2, 0.25) is 0 Å². The molecule has 0 bridgehead atoms. The minimum atomic E-state index is -1.30. The molecule has 1 heterocycles. The third kappa shape index (κ3) is 2.05. The molecule has 1 aromatic rings. The molecule has 18 heavy (non-hydrogen) atoms. The van der Waals surface area contributed by atoms with E-state index in [2.05, 4.69) is 5.32 Å². The first-order valence-corrected chi connectivity index (χ1v) is 5.58. The number of amides is 1. The molecule has 0 saturated carbocycles. The summed E-state index contributed by atoms with van der Waals surface area (Å²) in [6.07, 6.45) is 0.744. The number of benzene rings is 1. The van der Waals surface area contributed by atoms with Crippen LogP contribution in [0.5, 0.6) is 5.75 Å². The maximum atomic E-state index is 12.1. The van der Waals surface area contributed by atoms with Crippen molar-refractivity contribution in [2.45, 2.75) is 6.42 Å². The van der Waals surface area contributed by atoms with Crippen molar-refractivity contribution in [1.82, 2.24) is 5.32 Å². The van der Waals surface area contributed by atoms with Crippen LogP contribution in [0.1, 0.15) is 15.9 Å². The number of nitrogens with zero attached hydrogens (tertiary/aromatic N) is 1. The number of Topliss-reactive ketones (excluding diaryl/α,β-unsaturated/α-hetero) is 1. The quantitative estimate of drug-likeness (QED) is 0.626. The van der Waals surface area contributed by atoms with E-state index in [1.165, 1.54) is 7.05 Å². The molecule has 1 aliphatic rings. The molecular weight excluding hydrogens is 232 g/mol. The summed E-state index contributed by atoms with van der Waals surface area (Å²) in [5, 5.41) is 11.2. The molecule has 1 atom stereocenters. The molecule has 0 saturated heterocycles. The zero-order valence-electron chi connectivity index (χ0n) is 9.90. The van der Waals surface area contributed by atoms with E-state index < -0.39 is 17.6 Å². The lowest BCUT2D eigenvalue weighted by Crippen LogP contribution is -2.32.